The van der Waals surface area contributed by atoms with Crippen LogP contribution >= 0.6 is 11.8 Å². The van der Waals surface area contributed by atoms with E-state index < -0.39 is 0 Å². The maximum atomic E-state index is 5.67. The second-order valence-electron chi connectivity index (χ2n) is 4.66. The van der Waals surface area contributed by atoms with Crippen LogP contribution in [0.2, 0.25) is 0 Å². The molecule has 0 amide bonds. The van der Waals surface area contributed by atoms with Crippen molar-refractivity contribution < 1.29 is 4.74 Å². The van der Waals surface area contributed by atoms with Crippen molar-refractivity contribution in [3.05, 3.63) is 29.8 Å². The Labute approximate surface area is 103 Å². The molecule has 0 radical (unpaired) electrons. The van der Waals surface area contributed by atoms with Gasteiger partial charge < -0.3 is 10.5 Å². The monoisotopic (exact) mass is 239 g/mol. The minimum atomic E-state index is 0.308. The fraction of sp³-hybridized carbons (Fsp3) is 0.538. The van der Waals surface area contributed by atoms with Crippen LogP contribution in [0, 0.1) is 0 Å². The van der Waals surface area contributed by atoms with Gasteiger partial charge in [0.1, 0.15) is 5.75 Å². The molecule has 0 aliphatic rings. The third-order valence-corrected chi connectivity index (χ3v) is 3.26. The van der Waals surface area contributed by atoms with Gasteiger partial charge >= 0.3 is 0 Å². The molecule has 0 unspecified atom stereocenters. The molecule has 90 valence electrons. The first-order valence-corrected chi connectivity index (χ1v) is 6.55. The van der Waals surface area contributed by atoms with Crippen LogP contribution in [0.5, 0.6) is 5.75 Å². The molecule has 0 atom stereocenters. The van der Waals surface area contributed by atoms with Gasteiger partial charge in [0.25, 0.3) is 0 Å². The van der Waals surface area contributed by atoms with Gasteiger partial charge in [0.15, 0.2) is 0 Å². The van der Waals surface area contributed by atoms with E-state index in [1.807, 2.05) is 36.0 Å². The second kappa shape index (κ2) is 6.16. The molecule has 0 aromatic heterocycles. The van der Waals surface area contributed by atoms with Gasteiger partial charge in [-0.3, -0.25) is 0 Å². The molecular formula is C13H21NOS. The topological polar surface area (TPSA) is 35.2 Å². The molecule has 0 aliphatic carbocycles. The molecule has 2 nitrogen and oxygen atoms in total. The highest BCUT2D eigenvalue weighted by Gasteiger charge is 2.09. The zero-order valence-corrected chi connectivity index (χ0v) is 11.1. The summed E-state index contributed by atoms with van der Waals surface area (Å²) in [5.74, 6) is 1.92. The van der Waals surface area contributed by atoms with Gasteiger partial charge in [0, 0.05) is 17.0 Å². The highest BCUT2D eigenvalue weighted by atomic mass is 32.2. The van der Waals surface area contributed by atoms with E-state index in [0.29, 0.717) is 11.3 Å². The van der Waals surface area contributed by atoms with Crippen LogP contribution in [-0.4, -0.2) is 17.1 Å². The van der Waals surface area contributed by atoms with Gasteiger partial charge in [-0.1, -0.05) is 32.9 Å². The van der Waals surface area contributed by atoms with E-state index in [-0.39, 0.29) is 0 Å². The first-order chi connectivity index (χ1) is 7.51. The van der Waals surface area contributed by atoms with Gasteiger partial charge in [0.05, 0.1) is 6.61 Å². The predicted octanol–water partition coefficient (Wildman–Crippen LogP) is 3.06. The van der Waals surface area contributed by atoms with E-state index in [2.05, 4.69) is 20.8 Å². The zero-order chi connectivity index (χ0) is 12.0. The van der Waals surface area contributed by atoms with Crippen molar-refractivity contribution in [3.63, 3.8) is 0 Å². The maximum Gasteiger partial charge on any atom is 0.119 e. The summed E-state index contributed by atoms with van der Waals surface area (Å²) in [7, 11) is 0. The average Bonchev–Trinajstić information content (AvgIpc) is 2.23. The molecule has 0 fully saturated rings. The third kappa shape index (κ3) is 5.42. The molecule has 16 heavy (non-hydrogen) atoms. The molecule has 0 aliphatic heterocycles. The van der Waals surface area contributed by atoms with E-state index >= 15 is 0 Å². The number of hydrogen-bond acceptors (Lipinski definition) is 3. The number of hydrogen-bond donors (Lipinski definition) is 1. The van der Waals surface area contributed by atoms with Crippen molar-refractivity contribution in [1.82, 2.24) is 0 Å². The van der Waals surface area contributed by atoms with Gasteiger partial charge in [-0.15, -0.1) is 0 Å². The summed E-state index contributed by atoms with van der Waals surface area (Å²) >= 11 is 1.91. The lowest BCUT2D eigenvalue weighted by Gasteiger charge is -2.17. The summed E-state index contributed by atoms with van der Waals surface area (Å²) in [6.07, 6.45) is 0. The standard InChI is InChI=1S/C13H21NOS/c1-13(2,3)16-8-7-15-12-6-4-5-11(9-12)10-14/h4-6,9H,7-8,10,14H2,1-3H3. The minimum absolute atomic E-state index is 0.308. The SMILES string of the molecule is CC(C)(C)SCCOc1cccc(CN)c1. The number of nitrogens with two attached hydrogens (primary N) is 1. The summed E-state index contributed by atoms with van der Waals surface area (Å²) in [5.41, 5.74) is 6.68. The van der Waals surface area contributed by atoms with Crippen LogP contribution in [-0.2, 0) is 6.54 Å². The predicted molar refractivity (Wildman–Crippen MR) is 72.0 cm³/mol. The summed E-state index contributed by atoms with van der Waals surface area (Å²) in [6.45, 7) is 7.95. The minimum Gasteiger partial charge on any atom is -0.493 e. The quantitative estimate of drug-likeness (QED) is 0.802. The van der Waals surface area contributed by atoms with E-state index in [0.717, 1.165) is 23.7 Å². The third-order valence-electron chi connectivity index (χ3n) is 2.02. The average molecular weight is 239 g/mol. The Morgan fingerprint density at radius 2 is 2.06 bits per heavy atom. The van der Waals surface area contributed by atoms with E-state index in [1.165, 1.54) is 0 Å². The molecule has 1 aromatic carbocycles. The van der Waals surface area contributed by atoms with E-state index in [9.17, 15) is 0 Å². The Kier molecular flexibility index (Phi) is 5.16. The van der Waals surface area contributed by atoms with Crippen molar-refractivity contribution in [2.75, 3.05) is 12.4 Å². The number of ether oxygens (including phenoxy) is 1. The van der Waals surface area contributed by atoms with Gasteiger partial charge in [-0.2, -0.15) is 11.8 Å². The molecule has 0 heterocycles. The molecule has 3 heteroatoms. The molecule has 0 bridgehead atoms. The van der Waals surface area contributed by atoms with Crippen molar-refractivity contribution in [2.24, 2.45) is 5.73 Å². The van der Waals surface area contributed by atoms with Crippen LogP contribution in [0.15, 0.2) is 24.3 Å². The first kappa shape index (κ1) is 13.4. The molecule has 0 spiro atoms. The van der Waals surface area contributed by atoms with Crippen LogP contribution < -0.4 is 10.5 Å². The molecule has 0 saturated carbocycles. The summed E-state index contributed by atoms with van der Waals surface area (Å²) < 4.78 is 5.98. The first-order valence-electron chi connectivity index (χ1n) is 5.57. The summed E-state index contributed by atoms with van der Waals surface area (Å²) in [6, 6.07) is 7.97. The van der Waals surface area contributed by atoms with Gasteiger partial charge in [-0.05, 0) is 17.7 Å². The van der Waals surface area contributed by atoms with Crippen molar-refractivity contribution in [3.8, 4) is 5.75 Å². The van der Waals surface area contributed by atoms with Crippen LogP contribution in [0.3, 0.4) is 0 Å². The lowest BCUT2D eigenvalue weighted by Crippen LogP contribution is -2.11. The fourth-order valence-corrected chi connectivity index (χ4v) is 2.05. The molecule has 1 rings (SSSR count). The number of rotatable bonds is 5. The van der Waals surface area contributed by atoms with Crippen LogP contribution in [0.1, 0.15) is 26.3 Å². The Bertz CT molecular complexity index is 320. The largest absolute Gasteiger partial charge is 0.493 e. The van der Waals surface area contributed by atoms with Gasteiger partial charge in [-0.25, -0.2) is 0 Å². The summed E-state index contributed by atoms with van der Waals surface area (Å²) in [4.78, 5) is 0. The number of thioether (sulfide) groups is 1. The fourth-order valence-electron chi connectivity index (χ4n) is 1.27. The van der Waals surface area contributed by atoms with Crippen molar-refractivity contribution in [2.45, 2.75) is 32.1 Å². The Morgan fingerprint density at radius 3 is 2.69 bits per heavy atom. The Balaban J connectivity index is 2.32. The normalized spacial score (nSPS) is 11.5. The lowest BCUT2D eigenvalue weighted by molar-refractivity contribution is 0.343. The molecule has 2 N–H and O–H groups in total. The Hall–Kier alpha value is -0.670. The maximum absolute atomic E-state index is 5.67. The zero-order valence-electron chi connectivity index (χ0n) is 10.3. The van der Waals surface area contributed by atoms with Crippen molar-refractivity contribution >= 4 is 11.8 Å². The van der Waals surface area contributed by atoms with Crippen LogP contribution in [0.25, 0.3) is 0 Å². The molecular weight excluding hydrogens is 218 g/mol. The number of benzene rings is 1. The van der Waals surface area contributed by atoms with Crippen LogP contribution in [0.4, 0.5) is 0 Å². The Morgan fingerprint density at radius 1 is 1.31 bits per heavy atom. The van der Waals surface area contributed by atoms with Gasteiger partial charge in [0.2, 0.25) is 0 Å². The highest BCUT2D eigenvalue weighted by molar-refractivity contribution is 8.00. The highest BCUT2D eigenvalue weighted by Crippen LogP contribution is 2.23. The van der Waals surface area contributed by atoms with E-state index in [1.54, 1.807) is 0 Å². The second-order valence-corrected chi connectivity index (χ2v) is 6.58. The smallest absolute Gasteiger partial charge is 0.119 e. The van der Waals surface area contributed by atoms with Crippen molar-refractivity contribution in [1.29, 1.82) is 0 Å². The molecule has 1 aromatic rings. The summed E-state index contributed by atoms with van der Waals surface area (Å²) in [5, 5.41) is 0. The van der Waals surface area contributed by atoms with E-state index in [4.69, 9.17) is 10.5 Å². The molecule has 0 saturated heterocycles. The lowest BCUT2D eigenvalue weighted by atomic mass is 10.2.